The predicted octanol–water partition coefficient (Wildman–Crippen LogP) is 3.30. The summed E-state index contributed by atoms with van der Waals surface area (Å²) in [6.07, 6.45) is 0. The lowest BCUT2D eigenvalue weighted by Gasteiger charge is -2.36. The Morgan fingerprint density at radius 1 is 0.791 bits per heavy atom. The van der Waals surface area contributed by atoms with E-state index in [0.29, 0.717) is 62.1 Å². The number of hydrogen-bond acceptors (Lipinski definition) is 9. The van der Waals surface area contributed by atoms with Crippen LogP contribution in [0, 0.1) is 0 Å². The van der Waals surface area contributed by atoms with Crippen LogP contribution in [0.15, 0.2) is 54.6 Å². The molecule has 2 heterocycles. The van der Waals surface area contributed by atoms with Crippen LogP contribution in [0.5, 0.6) is 17.2 Å². The first-order chi connectivity index (χ1) is 20.9. The largest absolute Gasteiger partial charge is 0.497 e. The number of benzene rings is 2. The zero-order chi connectivity index (χ0) is 30.8. The van der Waals surface area contributed by atoms with Crippen molar-refractivity contribution in [2.24, 2.45) is 0 Å². The van der Waals surface area contributed by atoms with Gasteiger partial charge in [0.2, 0.25) is 5.91 Å². The van der Waals surface area contributed by atoms with E-state index in [1.807, 2.05) is 35.2 Å². The van der Waals surface area contributed by atoms with E-state index >= 15 is 0 Å². The summed E-state index contributed by atoms with van der Waals surface area (Å²) in [6.45, 7) is 9.50. The normalized spacial score (nSPS) is 13.2. The Labute approximate surface area is 253 Å². The second kappa shape index (κ2) is 15.2. The molecule has 11 heteroatoms. The number of piperazine rings is 1. The molecule has 0 atom stereocenters. The highest BCUT2D eigenvalue weighted by atomic mass is 16.5. The minimum absolute atomic E-state index is 0.0337. The summed E-state index contributed by atoms with van der Waals surface area (Å²) in [5, 5.41) is 8.89. The smallest absolute Gasteiger partial charge is 0.254 e. The minimum atomic E-state index is -0.161. The van der Waals surface area contributed by atoms with Crippen LogP contribution < -0.4 is 19.1 Å². The van der Waals surface area contributed by atoms with Crippen molar-refractivity contribution in [2.45, 2.75) is 13.8 Å². The summed E-state index contributed by atoms with van der Waals surface area (Å²) in [5.74, 6) is 2.50. The van der Waals surface area contributed by atoms with Crippen LogP contribution in [0.1, 0.15) is 24.2 Å². The maximum atomic E-state index is 13.4. The van der Waals surface area contributed by atoms with E-state index < -0.39 is 0 Å². The molecule has 0 aliphatic carbocycles. The van der Waals surface area contributed by atoms with E-state index in [2.05, 4.69) is 33.8 Å². The monoisotopic (exact) mass is 590 g/mol. The quantitative estimate of drug-likeness (QED) is 0.297. The number of nitrogens with zero attached hydrogens (tertiary/aromatic N) is 6. The first-order valence-corrected chi connectivity index (χ1v) is 14.6. The molecule has 1 aliphatic rings. The molecule has 0 radical (unpaired) electrons. The number of aromatic nitrogens is 2. The van der Waals surface area contributed by atoms with Crippen molar-refractivity contribution in [1.29, 1.82) is 0 Å². The second-order valence-electron chi connectivity index (χ2n) is 10.2. The lowest BCUT2D eigenvalue weighted by molar-refractivity contribution is -0.132. The van der Waals surface area contributed by atoms with Gasteiger partial charge in [-0.05, 0) is 67.7 Å². The molecular formula is C32H42N6O5. The molecular weight excluding hydrogens is 548 g/mol. The van der Waals surface area contributed by atoms with Crippen LogP contribution in [0.3, 0.4) is 0 Å². The number of hydrogen-bond donors (Lipinski definition) is 0. The molecule has 0 saturated carbocycles. The summed E-state index contributed by atoms with van der Waals surface area (Å²) in [5.41, 5.74) is 2.14. The summed E-state index contributed by atoms with van der Waals surface area (Å²) in [7, 11) is 4.79. The van der Waals surface area contributed by atoms with E-state index in [9.17, 15) is 9.59 Å². The standard InChI is InChI=1S/C32H42N6O5/c1-6-35(7-2)16-17-38(32(40)24-8-11-26(41-3)12-9-24)23-31(39)37-20-18-36(19-21-37)30-15-13-27(33-34-30)25-10-14-28(42-4)29(22-25)43-5/h8-15,22H,6-7,16-21,23H2,1-5H3. The molecule has 0 unspecified atom stereocenters. The maximum absolute atomic E-state index is 13.4. The predicted molar refractivity (Wildman–Crippen MR) is 166 cm³/mol. The average Bonchev–Trinajstić information content (AvgIpc) is 3.07. The molecule has 2 amide bonds. The van der Waals surface area contributed by atoms with Crippen LogP contribution >= 0.6 is 0 Å². The Morgan fingerprint density at radius 3 is 2.07 bits per heavy atom. The zero-order valence-corrected chi connectivity index (χ0v) is 25.8. The Balaban J connectivity index is 1.37. The summed E-state index contributed by atoms with van der Waals surface area (Å²) >= 11 is 0. The van der Waals surface area contributed by atoms with Crippen LogP contribution in [0.25, 0.3) is 11.3 Å². The molecule has 1 fully saturated rings. The fraction of sp³-hybridized carbons (Fsp3) is 0.438. The highest BCUT2D eigenvalue weighted by Crippen LogP contribution is 2.31. The van der Waals surface area contributed by atoms with Gasteiger partial charge in [-0.15, -0.1) is 10.2 Å². The van der Waals surface area contributed by atoms with Crippen molar-refractivity contribution in [2.75, 3.05) is 85.1 Å². The molecule has 0 bridgehead atoms. The Hall–Kier alpha value is -4.38. The van der Waals surface area contributed by atoms with Crippen LogP contribution in [0.4, 0.5) is 5.82 Å². The first kappa shape index (κ1) is 31.6. The lowest BCUT2D eigenvalue weighted by atomic mass is 10.1. The topological polar surface area (TPSA) is 101 Å². The third kappa shape index (κ3) is 7.92. The van der Waals surface area contributed by atoms with Gasteiger partial charge in [-0.2, -0.15) is 0 Å². The van der Waals surface area contributed by atoms with Gasteiger partial charge in [-0.25, -0.2) is 0 Å². The first-order valence-electron chi connectivity index (χ1n) is 14.6. The van der Waals surface area contributed by atoms with Gasteiger partial charge in [-0.3, -0.25) is 9.59 Å². The third-order valence-corrected chi connectivity index (χ3v) is 7.82. The van der Waals surface area contributed by atoms with Gasteiger partial charge in [0, 0.05) is 50.4 Å². The Bertz CT molecular complexity index is 1340. The fourth-order valence-corrected chi connectivity index (χ4v) is 5.06. The summed E-state index contributed by atoms with van der Waals surface area (Å²) < 4.78 is 16.0. The molecule has 3 aromatic rings. The Morgan fingerprint density at radius 2 is 1.49 bits per heavy atom. The van der Waals surface area contributed by atoms with Crippen molar-refractivity contribution in [1.82, 2.24) is 24.9 Å². The number of ether oxygens (including phenoxy) is 3. The van der Waals surface area contributed by atoms with Gasteiger partial charge in [0.1, 0.15) is 12.3 Å². The highest BCUT2D eigenvalue weighted by Gasteiger charge is 2.26. The molecule has 1 aromatic heterocycles. The molecule has 4 rings (SSSR count). The van der Waals surface area contributed by atoms with Crippen molar-refractivity contribution in [3.63, 3.8) is 0 Å². The average molecular weight is 591 g/mol. The van der Waals surface area contributed by atoms with E-state index in [1.54, 1.807) is 50.5 Å². The minimum Gasteiger partial charge on any atom is -0.497 e. The van der Waals surface area contributed by atoms with Crippen molar-refractivity contribution >= 4 is 17.6 Å². The van der Waals surface area contributed by atoms with Gasteiger partial charge in [-0.1, -0.05) is 13.8 Å². The van der Waals surface area contributed by atoms with Crippen molar-refractivity contribution in [3.8, 4) is 28.5 Å². The molecule has 43 heavy (non-hydrogen) atoms. The number of carbonyl (C=O) groups excluding carboxylic acids is 2. The van der Waals surface area contributed by atoms with E-state index in [0.717, 1.165) is 30.2 Å². The van der Waals surface area contributed by atoms with E-state index in [4.69, 9.17) is 14.2 Å². The Kier molecular flexibility index (Phi) is 11.2. The number of carbonyl (C=O) groups is 2. The maximum Gasteiger partial charge on any atom is 0.254 e. The van der Waals surface area contributed by atoms with E-state index in [-0.39, 0.29) is 18.4 Å². The van der Waals surface area contributed by atoms with Gasteiger partial charge in [0.15, 0.2) is 17.3 Å². The van der Waals surface area contributed by atoms with Crippen LogP contribution in [-0.4, -0.2) is 117 Å². The molecule has 2 aromatic carbocycles. The second-order valence-corrected chi connectivity index (χ2v) is 10.2. The molecule has 230 valence electrons. The van der Waals surface area contributed by atoms with Gasteiger partial charge < -0.3 is 33.8 Å². The zero-order valence-electron chi connectivity index (χ0n) is 25.8. The van der Waals surface area contributed by atoms with Gasteiger partial charge >= 0.3 is 0 Å². The third-order valence-electron chi connectivity index (χ3n) is 7.82. The van der Waals surface area contributed by atoms with Crippen LogP contribution in [-0.2, 0) is 4.79 Å². The van der Waals surface area contributed by atoms with Gasteiger partial charge in [0.05, 0.1) is 27.0 Å². The van der Waals surface area contributed by atoms with E-state index in [1.165, 1.54) is 0 Å². The lowest BCUT2D eigenvalue weighted by Crippen LogP contribution is -2.52. The molecule has 0 N–H and O–H groups in total. The van der Waals surface area contributed by atoms with Crippen molar-refractivity contribution < 1.29 is 23.8 Å². The molecule has 0 spiro atoms. The van der Waals surface area contributed by atoms with Crippen molar-refractivity contribution in [3.05, 3.63) is 60.2 Å². The summed E-state index contributed by atoms with van der Waals surface area (Å²) in [4.78, 5) is 34.7. The highest BCUT2D eigenvalue weighted by molar-refractivity contribution is 5.96. The fourth-order valence-electron chi connectivity index (χ4n) is 5.06. The summed E-state index contributed by atoms with van der Waals surface area (Å²) in [6, 6.07) is 16.5. The number of rotatable bonds is 13. The molecule has 11 nitrogen and oxygen atoms in total. The number of anilines is 1. The number of amides is 2. The SMILES string of the molecule is CCN(CC)CCN(CC(=O)N1CCN(c2ccc(-c3ccc(OC)c(OC)c3)nn2)CC1)C(=O)c1ccc(OC)cc1. The number of methoxy groups -OCH3 is 3. The molecule has 1 aliphatic heterocycles. The number of likely N-dealkylation sites (N-methyl/N-ethyl adjacent to an activating group) is 1. The molecule has 1 saturated heterocycles. The van der Waals surface area contributed by atoms with Crippen LogP contribution in [0.2, 0.25) is 0 Å². The van der Waals surface area contributed by atoms with Gasteiger partial charge in [0.25, 0.3) is 5.91 Å².